The van der Waals surface area contributed by atoms with E-state index < -0.39 is 0 Å². The van der Waals surface area contributed by atoms with Crippen LogP contribution >= 0.6 is 23.1 Å². The lowest BCUT2D eigenvalue weighted by Crippen LogP contribution is -2.14. The van der Waals surface area contributed by atoms with Crippen LogP contribution in [0.3, 0.4) is 0 Å². The summed E-state index contributed by atoms with van der Waals surface area (Å²) in [6, 6.07) is 7.82. The van der Waals surface area contributed by atoms with Crippen molar-refractivity contribution in [3.8, 4) is 0 Å². The van der Waals surface area contributed by atoms with Gasteiger partial charge in [-0.15, -0.1) is 11.3 Å². The molecule has 0 aliphatic heterocycles. The summed E-state index contributed by atoms with van der Waals surface area (Å²) in [6.45, 7) is 4.21. The first-order chi connectivity index (χ1) is 15.7. The Morgan fingerprint density at radius 1 is 1.16 bits per heavy atom. The Labute approximate surface area is 196 Å². The van der Waals surface area contributed by atoms with Crippen molar-refractivity contribution in [2.24, 2.45) is 0 Å². The van der Waals surface area contributed by atoms with E-state index in [0.717, 1.165) is 57.0 Å². The van der Waals surface area contributed by atoms with Crippen LogP contribution in [0.25, 0.3) is 20.4 Å². The van der Waals surface area contributed by atoms with Gasteiger partial charge in [-0.2, -0.15) is 0 Å². The van der Waals surface area contributed by atoms with Gasteiger partial charge in [-0.1, -0.05) is 43.3 Å². The molecule has 0 spiro atoms. The van der Waals surface area contributed by atoms with Gasteiger partial charge in [0.15, 0.2) is 0 Å². The van der Waals surface area contributed by atoms with E-state index in [-0.39, 0.29) is 5.91 Å². The summed E-state index contributed by atoms with van der Waals surface area (Å²) in [5.74, 6) is 0.277. The zero-order valence-electron chi connectivity index (χ0n) is 18.4. The van der Waals surface area contributed by atoms with E-state index >= 15 is 0 Å². The molecular formula is C25H26N4OS2. The number of carbonyl (C=O) groups excluding carboxylic acids is 1. The second kappa shape index (κ2) is 9.16. The van der Waals surface area contributed by atoms with E-state index in [1.807, 2.05) is 31.2 Å². The lowest BCUT2D eigenvalue weighted by atomic mass is 9.88. The molecule has 0 saturated heterocycles. The summed E-state index contributed by atoms with van der Waals surface area (Å²) in [4.78, 5) is 27.9. The Balaban J connectivity index is 1.47. The highest BCUT2D eigenvalue weighted by atomic mass is 32.2. The smallest absolute Gasteiger partial charge is 0.234 e. The summed E-state index contributed by atoms with van der Waals surface area (Å²) >= 11 is 3.14. The minimum absolute atomic E-state index is 0.0297. The molecule has 1 aromatic carbocycles. The maximum atomic E-state index is 12.6. The van der Waals surface area contributed by atoms with Crippen molar-refractivity contribution < 1.29 is 4.79 Å². The Morgan fingerprint density at radius 3 is 2.78 bits per heavy atom. The van der Waals surface area contributed by atoms with Crippen molar-refractivity contribution in [1.82, 2.24) is 15.0 Å². The highest BCUT2D eigenvalue weighted by Crippen LogP contribution is 2.41. The summed E-state index contributed by atoms with van der Waals surface area (Å²) < 4.78 is 1.05. The van der Waals surface area contributed by atoms with Gasteiger partial charge in [0.05, 0.1) is 16.0 Å². The fourth-order valence-electron chi connectivity index (χ4n) is 4.50. The summed E-state index contributed by atoms with van der Waals surface area (Å²) in [7, 11) is 0. The van der Waals surface area contributed by atoms with Crippen LogP contribution in [0.5, 0.6) is 0 Å². The SMILES string of the molecule is CCCc1nc2sc3c(SCC(=O)Nc4ccccc4C)ncnc3c2c2c1CCCC2. The van der Waals surface area contributed by atoms with Crippen molar-refractivity contribution in [2.75, 3.05) is 11.1 Å². The molecule has 0 atom stereocenters. The third kappa shape index (κ3) is 3.99. The molecular weight excluding hydrogens is 436 g/mol. The van der Waals surface area contributed by atoms with Gasteiger partial charge in [0.25, 0.3) is 0 Å². The van der Waals surface area contributed by atoms with Crippen molar-refractivity contribution >= 4 is 55.1 Å². The number of anilines is 1. The van der Waals surface area contributed by atoms with Gasteiger partial charge in [0, 0.05) is 16.8 Å². The first kappa shape index (κ1) is 21.3. The van der Waals surface area contributed by atoms with Crippen LogP contribution in [0.1, 0.15) is 48.6 Å². The molecule has 32 heavy (non-hydrogen) atoms. The van der Waals surface area contributed by atoms with E-state index in [9.17, 15) is 4.79 Å². The number of fused-ring (bicyclic) bond motifs is 5. The number of thiophene rings is 1. The highest BCUT2D eigenvalue weighted by molar-refractivity contribution is 8.00. The lowest BCUT2D eigenvalue weighted by molar-refractivity contribution is -0.113. The fourth-order valence-corrected chi connectivity index (χ4v) is 6.55. The fraction of sp³-hybridized carbons (Fsp3) is 0.360. The second-order valence-corrected chi connectivity index (χ2v) is 10.2. The molecule has 164 valence electrons. The van der Waals surface area contributed by atoms with E-state index in [1.165, 1.54) is 46.8 Å². The minimum Gasteiger partial charge on any atom is -0.325 e. The Hall–Kier alpha value is -2.51. The molecule has 0 radical (unpaired) electrons. The molecule has 1 amide bonds. The lowest BCUT2D eigenvalue weighted by Gasteiger charge is -2.19. The normalized spacial score (nSPS) is 13.4. The van der Waals surface area contributed by atoms with Crippen LogP contribution in [0.2, 0.25) is 0 Å². The summed E-state index contributed by atoms with van der Waals surface area (Å²) in [5.41, 5.74) is 7.07. The molecule has 0 unspecified atom stereocenters. The van der Waals surface area contributed by atoms with Crippen LogP contribution in [-0.4, -0.2) is 26.6 Å². The number of nitrogens with zero attached hydrogens (tertiary/aromatic N) is 3. The number of thioether (sulfide) groups is 1. The van der Waals surface area contributed by atoms with E-state index in [4.69, 9.17) is 4.98 Å². The Bertz CT molecular complexity index is 1310. The Morgan fingerprint density at radius 2 is 1.97 bits per heavy atom. The minimum atomic E-state index is -0.0297. The number of hydrogen-bond donors (Lipinski definition) is 1. The summed E-state index contributed by atoms with van der Waals surface area (Å²) in [6.07, 6.45) is 8.45. The van der Waals surface area contributed by atoms with Crippen molar-refractivity contribution in [1.29, 1.82) is 0 Å². The zero-order chi connectivity index (χ0) is 22.1. The topological polar surface area (TPSA) is 67.8 Å². The predicted molar refractivity (Wildman–Crippen MR) is 134 cm³/mol. The third-order valence-electron chi connectivity index (χ3n) is 6.02. The van der Waals surface area contributed by atoms with Gasteiger partial charge < -0.3 is 5.32 Å². The van der Waals surface area contributed by atoms with Gasteiger partial charge in [0.1, 0.15) is 16.2 Å². The third-order valence-corrected chi connectivity index (χ3v) is 8.22. The number of pyridine rings is 1. The molecule has 1 aliphatic rings. The number of aromatic nitrogens is 3. The first-order valence-corrected chi connectivity index (χ1v) is 13.0. The van der Waals surface area contributed by atoms with Gasteiger partial charge >= 0.3 is 0 Å². The van der Waals surface area contributed by atoms with Crippen molar-refractivity contribution in [3.05, 3.63) is 53.0 Å². The first-order valence-electron chi connectivity index (χ1n) is 11.2. The molecule has 5 rings (SSSR count). The number of rotatable bonds is 6. The van der Waals surface area contributed by atoms with Gasteiger partial charge in [0.2, 0.25) is 5.91 Å². The molecule has 0 bridgehead atoms. The average molecular weight is 463 g/mol. The van der Waals surface area contributed by atoms with Crippen molar-refractivity contribution in [3.63, 3.8) is 0 Å². The second-order valence-electron chi connectivity index (χ2n) is 8.26. The number of carbonyl (C=O) groups is 1. The number of aryl methyl sites for hydroxylation is 3. The van der Waals surface area contributed by atoms with Crippen molar-refractivity contribution in [2.45, 2.75) is 57.4 Å². The zero-order valence-corrected chi connectivity index (χ0v) is 20.0. The maximum Gasteiger partial charge on any atom is 0.234 e. The molecule has 3 aromatic heterocycles. The highest BCUT2D eigenvalue weighted by Gasteiger charge is 2.23. The maximum absolute atomic E-state index is 12.6. The monoisotopic (exact) mass is 462 g/mol. The predicted octanol–water partition coefficient (Wildman–Crippen LogP) is 6.11. The van der Waals surface area contributed by atoms with Gasteiger partial charge in [-0.25, -0.2) is 15.0 Å². The number of hydrogen-bond acceptors (Lipinski definition) is 6. The average Bonchev–Trinajstić information content (AvgIpc) is 3.19. The summed E-state index contributed by atoms with van der Waals surface area (Å²) in [5, 5.41) is 5.08. The quantitative estimate of drug-likeness (QED) is 0.277. The number of nitrogens with one attached hydrogen (secondary N) is 1. The molecule has 1 N–H and O–H groups in total. The van der Waals surface area contributed by atoms with E-state index in [2.05, 4.69) is 22.2 Å². The van der Waals surface area contributed by atoms with Gasteiger partial charge in [-0.3, -0.25) is 4.79 Å². The molecule has 0 saturated carbocycles. The molecule has 7 heteroatoms. The van der Waals surface area contributed by atoms with Crippen LogP contribution in [-0.2, 0) is 24.1 Å². The largest absolute Gasteiger partial charge is 0.325 e. The molecule has 5 nitrogen and oxygen atoms in total. The van der Waals surface area contributed by atoms with E-state index in [0.29, 0.717) is 5.75 Å². The Kier molecular flexibility index (Phi) is 6.11. The van der Waals surface area contributed by atoms with Gasteiger partial charge in [-0.05, 0) is 61.8 Å². The van der Waals surface area contributed by atoms with Crippen LogP contribution in [0, 0.1) is 6.92 Å². The molecule has 0 fully saturated rings. The van der Waals surface area contributed by atoms with E-state index in [1.54, 1.807) is 17.7 Å². The number of para-hydroxylation sites is 1. The molecule has 3 heterocycles. The van der Waals surface area contributed by atoms with Crippen LogP contribution in [0.4, 0.5) is 5.69 Å². The standard InChI is InChI=1S/C25H26N4OS2/c1-3-8-19-16-10-5-6-11-17(16)21-22-23(32-24(21)29-19)25(27-14-26-22)31-13-20(30)28-18-12-7-4-9-15(18)2/h4,7,9,12,14H,3,5-6,8,10-11,13H2,1-2H3,(H,28,30). The van der Waals surface area contributed by atoms with Crippen LogP contribution < -0.4 is 5.32 Å². The number of amides is 1. The van der Waals surface area contributed by atoms with Crippen LogP contribution in [0.15, 0.2) is 35.6 Å². The number of benzene rings is 1. The molecule has 4 aromatic rings. The molecule has 1 aliphatic carbocycles.